The molecule has 1 N–H and O–H groups in total. The SMILES string of the molecule is O=C(COc1ccc(Cl)cc1)NCCn1ncc2c1CCCC2. The molecule has 1 aliphatic carbocycles. The largest absolute Gasteiger partial charge is 0.484 e. The molecular weight excluding hydrogens is 314 g/mol. The van der Waals surface area contributed by atoms with Gasteiger partial charge in [-0.05, 0) is 55.5 Å². The molecule has 0 unspecified atom stereocenters. The van der Waals surface area contributed by atoms with Crippen LogP contribution >= 0.6 is 11.6 Å². The van der Waals surface area contributed by atoms with E-state index in [1.165, 1.54) is 24.1 Å². The number of hydrogen-bond acceptors (Lipinski definition) is 3. The number of carbonyl (C=O) groups excluding carboxylic acids is 1. The van der Waals surface area contributed by atoms with Crippen LogP contribution in [0, 0.1) is 0 Å². The standard InChI is InChI=1S/C17H20ClN3O2/c18-14-5-7-15(8-6-14)23-12-17(22)19-9-10-21-16-4-2-1-3-13(16)11-20-21/h5-8,11H,1-4,9-10,12H2,(H,19,22). The van der Waals surface area contributed by atoms with E-state index in [2.05, 4.69) is 10.4 Å². The molecular formula is C17H20ClN3O2. The van der Waals surface area contributed by atoms with Crippen LogP contribution in [0.4, 0.5) is 0 Å². The zero-order valence-electron chi connectivity index (χ0n) is 12.9. The van der Waals surface area contributed by atoms with Crippen molar-refractivity contribution in [3.8, 4) is 5.75 Å². The van der Waals surface area contributed by atoms with Crippen molar-refractivity contribution in [2.75, 3.05) is 13.2 Å². The maximum atomic E-state index is 11.8. The first-order chi connectivity index (χ1) is 11.2. The lowest BCUT2D eigenvalue weighted by atomic mass is 9.98. The van der Waals surface area contributed by atoms with Gasteiger partial charge in [0.1, 0.15) is 5.75 Å². The van der Waals surface area contributed by atoms with Crippen LogP contribution < -0.4 is 10.1 Å². The monoisotopic (exact) mass is 333 g/mol. The Hall–Kier alpha value is -2.01. The lowest BCUT2D eigenvalue weighted by Gasteiger charge is -2.14. The van der Waals surface area contributed by atoms with Crippen LogP contribution in [0.3, 0.4) is 0 Å². The minimum absolute atomic E-state index is 0.00114. The predicted molar refractivity (Wildman–Crippen MR) is 88.8 cm³/mol. The van der Waals surface area contributed by atoms with E-state index < -0.39 is 0 Å². The van der Waals surface area contributed by atoms with Crippen molar-refractivity contribution in [1.82, 2.24) is 15.1 Å². The highest BCUT2D eigenvalue weighted by atomic mass is 35.5. The molecule has 1 aromatic carbocycles. The zero-order chi connectivity index (χ0) is 16.1. The average molecular weight is 334 g/mol. The first-order valence-electron chi connectivity index (χ1n) is 7.91. The summed E-state index contributed by atoms with van der Waals surface area (Å²) in [5.41, 5.74) is 2.68. The summed E-state index contributed by atoms with van der Waals surface area (Å²) in [6, 6.07) is 6.95. The van der Waals surface area contributed by atoms with Gasteiger partial charge >= 0.3 is 0 Å². The Bertz CT molecular complexity index is 667. The van der Waals surface area contributed by atoms with E-state index in [4.69, 9.17) is 16.3 Å². The van der Waals surface area contributed by atoms with Crippen molar-refractivity contribution in [3.63, 3.8) is 0 Å². The number of carbonyl (C=O) groups is 1. The summed E-state index contributed by atoms with van der Waals surface area (Å²) >= 11 is 5.80. The number of ether oxygens (including phenoxy) is 1. The first kappa shape index (κ1) is 15.9. The third-order valence-electron chi connectivity index (χ3n) is 3.97. The molecule has 1 aromatic heterocycles. The fraction of sp³-hybridized carbons (Fsp3) is 0.412. The van der Waals surface area contributed by atoms with Crippen molar-refractivity contribution in [1.29, 1.82) is 0 Å². The van der Waals surface area contributed by atoms with Crippen LogP contribution in [0.2, 0.25) is 5.02 Å². The quantitative estimate of drug-likeness (QED) is 0.884. The number of rotatable bonds is 6. The molecule has 23 heavy (non-hydrogen) atoms. The number of nitrogens with one attached hydrogen (secondary N) is 1. The Morgan fingerprint density at radius 1 is 1.26 bits per heavy atom. The Balaban J connectivity index is 1.41. The van der Waals surface area contributed by atoms with Gasteiger partial charge in [-0.3, -0.25) is 9.48 Å². The smallest absolute Gasteiger partial charge is 0.258 e. The van der Waals surface area contributed by atoms with Gasteiger partial charge in [-0.1, -0.05) is 11.6 Å². The van der Waals surface area contributed by atoms with E-state index >= 15 is 0 Å². The summed E-state index contributed by atoms with van der Waals surface area (Å²) in [5.74, 6) is 0.492. The number of aromatic nitrogens is 2. The summed E-state index contributed by atoms with van der Waals surface area (Å²) in [6.07, 6.45) is 6.64. The molecule has 5 nitrogen and oxygen atoms in total. The molecule has 6 heteroatoms. The fourth-order valence-corrected chi connectivity index (χ4v) is 2.91. The second kappa shape index (κ2) is 7.51. The number of amides is 1. The summed E-state index contributed by atoms with van der Waals surface area (Å²) in [4.78, 5) is 11.8. The molecule has 0 radical (unpaired) electrons. The Morgan fingerprint density at radius 3 is 2.87 bits per heavy atom. The van der Waals surface area contributed by atoms with Gasteiger partial charge in [0.25, 0.3) is 5.91 Å². The number of hydrogen-bond donors (Lipinski definition) is 1. The van der Waals surface area contributed by atoms with E-state index in [0.717, 1.165) is 12.8 Å². The van der Waals surface area contributed by atoms with Crippen LogP contribution in [0.5, 0.6) is 5.75 Å². The van der Waals surface area contributed by atoms with Gasteiger partial charge in [-0.25, -0.2) is 0 Å². The van der Waals surface area contributed by atoms with Gasteiger partial charge < -0.3 is 10.1 Å². The summed E-state index contributed by atoms with van der Waals surface area (Å²) in [6.45, 7) is 1.25. The molecule has 1 amide bonds. The van der Waals surface area contributed by atoms with Crippen LogP contribution in [0.1, 0.15) is 24.1 Å². The van der Waals surface area contributed by atoms with Crippen molar-refractivity contribution in [2.45, 2.75) is 32.2 Å². The summed E-state index contributed by atoms with van der Waals surface area (Å²) < 4.78 is 7.42. The van der Waals surface area contributed by atoms with Crippen LogP contribution in [0.25, 0.3) is 0 Å². The minimum Gasteiger partial charge on any atom is -0.484 e. The highest BCUT2D eigenvalue weighted by Crippen LogP contribution is 2.20. The lowest BCUT2D eigenvalue weighted by molar-refractivity contribution is -0.123. The lowest BCUT2D eigenvalue weighted by Crippen LogP contribution is -2.32. The van der Waals surface area contributed by atoms with Crippen molar-refractivity contribution < 1.29 is 9.53 Å². The predicted octanol–water partition coefficient (Wildman–Crippen LogP) is 2.61. The molecule has 1 aliphatic rings. The third kappa shape index (κ3) is 4.26. The second-order valence-electron chi connectivity index (χ2n) is 5.64. The maximum Gasteiger partial charge on any atom is 0.258 e. The van der Waals surface area contributed by atoms with Crippen LogP contribution in [0.15, 0.2) is 30.5 Å². The Morgan fingerprint density at radius 2 is 2.04 bits per heavy atom. The highest BCUT2D eigenvalue weighted by molar-refractivity contribution is 6.30. The molecule has 0 fully saturated rings. The van der Waals surface area contributed by atoms with Gasteiger partial charge in [-0.2, -0.15) is 5.10 Å². The first-order valence-corrected chi connectivity index (χ1v) is 8.29. The molecule has 0 bridgehead atoms. The number of aryl methyl sites for hydroxylation is 1. The van der Waals surface area contributed by atoms with Gasteiger partial charge in [-0.15, -0.1) is 0 Å². The zero-order valence-corrected chi connectivity index (χ0v) is 13.7. The van der Waals surface area contributed by atoms with E-state index in [9.17, 15) is 4.79 Å². The van der Waals surface area contributed by atoms with Crippen molar-refractivity contribution in [2.24, 2.45) is 0 Å². The fourth-order valence-electron chi connectivity index (χ4n) is 2.78. The van der Waals surface area contributed by atoms with Gasteiger partial charge in [0.05, 0.1) is 12.7 Å². The Kier molecular flexibility index (Phi) is 5.18. The van der Waals surface area contributed by atoms with E-state index in [-0.39, 0.29) is 12.5 Å². The van der Waals surface area contributed by atoms with Gasteiger partial charge in [0.15, 0.2) is 6.61 Å². The molecule has 0 aliphatic heterocycles. The maximum absolute atomic E-state index is 11.8. The number of fused-ring (bicyclic) bond motifs is 1. The van der Waals surface area contributed by atoms with Crippen molar-refractivity contribution >= 4 is 17.5 Å². The molecule has 2 aromatic rings. The third-order valence-corrected chi connectivity index (χ3v) is 4.23. The molecule has 122 valence electrons. The summed E-state index contributed by atoms with van der Waals surface area (Å²) in [5, 5.41) is 7.92. The van der Waals surface area contributed by atoms with E-state index in [1.54, 1.807) is 24.3 Å². The topological polar surface area (TPSA) is 56.1 Å². The molecule has 0 spiro atoms. The number of benzene rings is 1. The minimum atomic E-state index is -0.138. The average Bonchev–Trinajstić information content (AvgIpc) is 2.98. The summed E-state index contributed by atoms with van der Waals surface area (Å²) in [7, 11) is 0. The normalized spacial score (nSPS) is 13.4. The van der Waals surface area contributed by atoms with Gasteiger partial charge in [0, 0.05) is 17.3 Å². The molecule has 0 saturated carbocycles. The molecule has 1 heterocycles. The molecule has 0 atom stereocenters. The molecule has 3 rings (SSSR count). The van der Waals surface area contributed by atoms with Crippen molar-refractivity contribution in [3.05, 3.63) is 46.7 Å². The highest BCUT2D eigenvalue weighted by Gasteiger charge is 2.14. The van der Waals surface area contributed by atoms with E-state index in [0.29, 0.717) is 23.9 Å². The van der Waals surface area contributed by atoms with Crippen LogP contribution in [-0.4, -0.2) is 28.8 Å². The Labute approximate surface area is 140 Å². The van der Waals surface area contributed by atoms with Crippen LogP contribution in [-0.2, 0) is 24.2 Å². The molecule has 0 saturated heterocycles. The van der Waals surface area contributed by atoms with Gasteiger partial charge in [0.2, 0.25) is 0 Å². The van der Waals surface area contributed by atoms with E-state index in [1.807, 2.05) is 10.9 Å². The number of halogens is 1. The number of nitrogens with zero attached hydrogens (tertiary/aromatic N) is 2. The second-order valence-corrected chi connectivity index (χ2v) is 6.08.